The SMILES string of the molecule is CCCCn1nc(C(=O)NNC(=O)c2ccc(COc3ccccc3)o2)ccc1=O. The van der Waals surface area contributed by atoms with Crippen molar-refractivity contribution in [2.75, 3.05) is 0 Å². The van der Waals surface area contributed by atoms with Crippen LogP contribution in [-0.4, -0.2) is 21.6 Å². The first kappa shape index (κ1) is 20.8. The van der Waals surface area contributed by atoms with Crippen LogP contribution in [0.25, 0.3) is 0 Å². The average Bonchev–Trinajstić information content (AvgIpc) is 3.25. The minimum absolute atomic E-state index is 0.0161. The Hall–Kier alpha value is -3.88. The number of hydrogen-bond donors (Lipinski definition) is 2. The van der Waals surface area contributed by atoms with Crippen LogP contribution < -0.4 is 21.1 Å². The van der Waals surface area contributed by atoms with Crippen LogP contribution >= 0.6 is 0 Å². The van der Waals surface area contributed by atoms with E-state index < -0.39 is 11.8 Å². The topological polar surface area (TPSA) is 115 Å². The maximum Gasteiger partial charge on any atom is 0.305 e. The molecule has 0 atom stereocenters. The molecule has 3 aromatic rings. The van der Waals surface area contributed by atoms with Crippen molar-refractivity contribution in [3.05, 3.63) is 82.2 Å². The monoisotopic (exact) mass is 410 g/mol. The molecule has 0 saturated carbocycles. The molecule has 0 fully saturated rings. The molecule has 0 aliphatic heterocycles. The summed E-state index contributed by atoms with van der Waals surface area (Å²) in [5, 5.41) is 4.02. The second kappa shape index (κ2) is 10.1. The van der Waals surface area contributed by atoms with Gasteiger partial charge in [-0.1, -0.05) is 31.5 Å². The molecule has 156 valence electrons. The number of hydrogen-bond acceptors (Lipinski definition) is 6. The maximum atomic E-state index is 12.2. The summed E-state index contributed by atoms with van der Waals surface area (Å²) < 4.78 is 12.2. The van der Waals surface area contributed by atoms with Gasteiger partial charge >= 0.3 is 5.91 Å². The molecule has 3 rings (SSSR count). The van der Waals surface area contributed by atoms with E-state index in [1.807, 2.05) is 37.3 Å². The van der Waals surface area contributed by atoms with Crippen LogP contribution in [-0.2, 0) is 13.2 Å². The molecule has 0 spiro atoms. The Kier molecular flexibility index (Phi) is 6.99. The number of aromatic nitrogens is 2. The van der Waals surface area contributed by atoms with Crippen LogP contribution in [0.4, 0.5) is 0 Å². The zero-order valence-corrected chi connectivity index (χ0v) is 16.5. The molecule has 0 aliphatic rings. The standard InChI is InChI=1S/C21H22N4O5/c1-2-3-13-25-19(26)12-10-17(24-25)20(27)22-23-21(28)18-11-9-16(30-18)14-29-15-7-5-4-6-8-15/h4-12H,2-3,13-14H2,1H3,(H,22,27)(H,23,28). The fraction of sp³-hybridized carbons (Fsp3) is 0.238. The fourth-order valence-electron chi connectivity index (χ4n) is 2.53. The molecule has 0 aliphatic carbocycles. The molecule has 0 bridgehead atoms. The van der Waals surface area contributed by atoms with Crippen LogP contribution in [0.5, 0.6) is 5.75 Å². The van der Waals surface area contributed by atoms with Crippen LogP contribution in [0.15, 0.2) is 63.8 Å². The number of para-hydroxylation sites is 1. The molecule has 9 nitrogen and oxygen atoms in total. The third-order valence-electron chi connectivity index (χ3n) is 4.12. The van der Waals surface area contributed by atoms with E-state index in [4.69, 9.17) is 9.15 Å². The second-order valence-electron chi connectivity index (χ2n) is 6.41. The highest BCUT2D eigenvalue weighted by Gasteiger charge is 2.15. The Morgan fingerprint density at radius 2 is 1.80 bits per heavy atom. The number of nitrogens with zero attached hydrogens (tertiary/aromatic N) is 2. The van der Waals surface area contributed by atoms with Crippen molar-refractivity contribution in [2.24, 2.45) is 0 Å². The minimum atomic E-state index is -0.646. The summed E-state index contributed by atoms with van der Waals surface area (Å²) in [7, 11) is 0. The van der Waals surface area contributed by atoms with Gasteiger partial charge < -0.3 is 9.15 Å². The van der Waals surface area contributed by atoms with Gasteiger partial charge in [-0.2, -0.15) is 5.10 Å². The number of furan rings is 1. The number of amides is 2. The van der Waals surface area contributed by atoms with Gasteiger partial charge in [0.1, 0.15) is 18.1 Å². The highest BCUT2D eigenvalue weighted by molar-refractivity contribution is 5.96. The van der Waals surface area contributed by atoms with Gasteiger partial charge in [0.15, 0.2) is 11.5 Å². The van der Waals surface area contributed by atoms with E-state index in [9.17, 15) is 14.4 Å². The zero-order chi connectivity index (χ0) is 21.3. The highest BCUT2D eigenvalue weighted by atomic mass is 16.5. The Balaban J connectivity index is 1.53. The zero-order valence-electron chi connectivity index (χ0n) is 16.5. The number of benzene rings is 1. The van der Waals surface area contributed by atoms with Gasteiger partial charge in [0.2, 0.25) is 0 Å². The highest BCUT2D eigenvalue weighted by Crippen LogP contribution is 2.13. The first-order chi connectivity index (χ1) is 14.6. The smallest absolute Gasteiger partial charge is 0.305 e. The lowest BCUT2D eigenvalue weighted by molar-refractivity contribution is 0.0825. The van der Waals surface area contributed by atoms with Crippen molar-refractivity contribution in [3.63, 3.8) is 0 Å². The van der Waals surface area contributed by atoms with Crippen molar-refractivity contribution in [1.82, 2.24) is 20.6 Å². The normalized spacial score (nSPS) is 10.4. The number of nitrogens with one attached hydrogen (secondary N) is 2. The van der Waals surface area contributed by atoms with Crippen molar-refractivity contribution >= 4 is 11.8 Å². The average molecular weight is 410 g/mol. The molecule has 0 unspecified atom stereocenters. The van der Waals surface area contributed by atoms with Crippen LogP contribution in [0.2, 0.25) is 0 Å². The number of hydrazine groups is 1. The second-order valence-corrected chi connectivity index (χ2v) is 6.41. The molecule has 1 aromatic carbocycles. The largest absolute Gasteiger partial charge is 0.486 e. The summed E-state index contributed by atoms with van der Waals surface area (Å²) in [5.74, 6) is -0.121. The van der Waals surface area contributed by atoms with Gasteiger partial charge in [-0.3, -0.25) is 25.2 Å². The van der Waals surface area contributed by atoms with E-state index >= 15 is 0 Å². The number of aryl methyl sites for hydroxylation is 1. The summed E-state index contributed by atoms with van der Waals surface area (Å²) in [6.45, 7) is 2.57. The summed E-state index contributed by atoms with van der Waals surface area (Å²) in [6, 6.07) is 14.9. The number of carbonyl (C=O) groups is 2. The van der Waals surface area contributed by atoms with E-state index in [2.05, 4.69) is 16.0 Å². The predicted octanol–water partition coefficient (Wildman–Crippen LogP) is 2.29. The van der Waals surface area contributed by atoms with E-state index in [0.717, 1.165) is 12.8 Å². The lowest BCUT2D eigenvalue weighted by Gasteiger charge is -2.08. The summed E-state index contributed by atoms with van der Waals surface area (Å²) in [5.41, 5.74) is 4.25. The minimum Gasteiger partial charge on any atom is -0.486 e. The molecule has 2 aromatic heterocycles. The van der Waals surface area contributed by atoms with Crippen molar-refractivity contribution in [1.29, 1.82) is 0 Å². The van der Waals surface area contributed by atoms with E-state index in [1.165, 1.54) is 22.9 Å². The Bertz CT molecular complexity index is 1060. The van der Waals surface area contributed by atoms with Gasteiger partial charge in [0.05, 0.1) is 0 Å². The third kappa shape index (κ3) is 5.57. The van der Waals surface area contributed by atoms with E-state index in [1.54, 1.807) is 6.07 Å². The van der Waals surface area contributed by atoms with Crippen LogP contribution in [0.3, 0.4) is 0 Å². The van der Waals surface area contributed by atoms with Crippen molar-refractivity contribution in [3.8, 4) is 5.75 Å². The van der Waals surface area contributed by atoms with E-state index in [0.29, 0.717) is 18.1 Å². The summed E-state index contributed by atoms with van der Waals surface area (Å²) in [4.78, 5) is 36.2. The quantitative estimate of drug-likeness (QED) is 0.551. The van der Waals surface area contributed by atoms with Gasteiger partial charge in [0, 0.05) is 12.6 Å². The molecule has 30 heavy (non-hydrogen) atoms. The summed E-state index contributed by atoms with van der Waals surface area (Å²) >= 11 is 0. The predicted molar refractivity (Wildman–Crippen MR) is 108 cm³/mol. The van der Waals surface area contributed by atoms with Gasteiger partial charge in [-0.25, -0.2) is 4.68 Å². The van der Waals surface area contributed by atoms with Crippen molar-refractivity contribution in [2.45, 2.75) is 32.9 Å². The number of unbranched alkanes of at least 4 members (excludes halogenated alkanes) is 1. The molecule has 2 heterocycles. The Labute approximate surface area is 172 Å². The summed E-state index contributed by atoms with van der Waals surface area (Å²) in [6.07, 6.45) is 1.66. The Morgan fingerprint density at radius 3 is 2.57 bits per heavy atom. The van der Waals surface area contributed by atoms with E-state index in [-0.39, 0.29) is 23.6 Å². The maximum absolute atomic E-state index is 12.2. The van der Waals surface area contributed by atoms with Crippen molar-refractivity contribution < 1.29 is 18.7 Å². The molecule has 2 N–H and O–H groups in total. The lowest BCUT2D eigenvalue weighted by Crippen LogP contribution is -2.42. The van der Waals surface area contributed by atoms with Gasteiger partial charge in [-0.15, -0.1) is 0 Å². The first-order valence-corrected chi connectivity index (χ1v) is 9.52. The Morgan fingerprint density at radius 1 is 1.03 bits per heavy atom. The molecule has 2 amide bonds. The number of rotatable bonds is 8. The lowest BCUT2D eigenvalue weighted by atomic mass is 10.3. The third-order valence-corrected chi connectivity index (χ3v) is 4.12. The number of carbonyl (C=O) groups excluding carboxylic acids is 2. The molecule has 0 saturated heterocycles. The van der Waals surface area contributed by atoms with Gasteiger partial charge in [-0.05, 0) is 36.8 Å². The van der Waals surface area contributed by atoms with Crippen LogP contribution in [0, 0.1) is 0 Å². The van der Waals surface area contributed by atoms with Crippen LogP contribution in [0.1, 0.15) is 46.6 Å². The molecular formula is C21H22N4O5. The molecular weight excluding hydrogens is 388 g/mol. The molecule has 0 radical (unpaired) electrons. The number of ether oxygens (including phenoxy) is 1. The first-order valence-electron chi connectivity index (χ1n) is 9.52. The molecule has 9 heteroatoms. The van der Waals surface area contributed by atoms with Gasteiger partial charge in [0.25, 0.3) is 11.5 Å². The fourth-order valence-corrected chi connectivity index (χ4v) is 2.53.